The third kappa shape index (κ3) is 2.85. The maximum absolute atomic E-state index is 12.2. The Morgan fingerprint density at radius 2 is 1.86 bits per heavy atom. The van der Waals surface area contributed by atoms with E-state index in [0.717, 1.165) is 40.8 Å². The molecule has 7 heteroatoms. The molecule has 1 N–H and O–H groups in total. The number of rotatable bonds is 4. The van der Waals surface area contributed by atoms with Gasteiger partial charge in [-0.3, -0.25) is 4.79 Å². The summed E-state index contributed by atoms with van der Waals surface area (Å²) in [7, 11) is 1.83. The van der Waals surface area contributed by atoms with Gasteiger partial charge in [0.05, 0.1) is 5.52 Å². The third-order valence-electron chi connectivity index (χ3n) is 5.05. The van der Waals surface area contributed by atoms with Crippen LogP contribution in [0, 0.1) is 12.8 Å². The number of carbonyl (C=O) groups excluding carboxylic acids is 1. The van der Waals surface area contributed by atoms with Crippen LogP contribution in [0.25, 0.3) is 16.6 Å². The van der Waals surface area contributed by atoms with Gasteiger partial charge >= 0.3 is 0 Å². The average Bonchev–Trinajstić information content (AvgIpc) is 3.48. The van der Waals surface area contributed by atoms with Crippen LogP contribution in [0.3, 0.4) is 0 Å². The Hall–Kier alpha value is -3.48. The number of hydrogen-bond donors (Lipinski definition) is 1. The van der Waals surface area contributed by atoms with Crippen molar-refractivity contribution in [1.82, 2.24) is 19.6 Å². The number of aryl methyl sites for hydroxylation is 1. The van der Waals surface area contributed by atoms with E-state index in [1.54, 1.807) is 9.42 Å². The van der Waals surface area contributed by atoms with E-state index in [0.29, 0.717) is 11.8 Å². The molecule has 1 fully saturated rings. The smallest absolute Gasteiger partial charge is 0.231 e. The number of para-hydroxylation sites is 1. The first-order valence-corrected chi connectivity index (χ1v) is 9.37. The maximum atomic E-state index is 12.2. The molecule has 0 saturated heterocycles. The summed E-state index contributed by atoms with van der Waals surface area (Å²) in [5.41, 5.74) is 3.39. The van der Waals surface area contributed by atoms with Crippen LogP contribution in [0.15, 0.2) is 48.5 Å². The second kappa shape index (κ2) is 6.30. The Kier molecular flexibility index (Phi) is 3.75. The van der Waals surface area contributed by atoms with Gasteiger partial charge < -0.3 is 10.2 Å². The van der Waals surface area contributed by atoms with Crippen LogP contribution in [0.4, 0.5) is 17.3 Å². The molecule has 0 radical (unpaired) electrons. The van der Waals surface area contributed by atoms with Gasteiger partial charge in [-0.1, -0.05) is 12.1 Å². The molecule has 1 saturated carbocycles. The van der Waals surface area contributed by atoms with Crippen LogP contribution >= 0.6 is 0 Å². The molecule has 2 aromatic carbocycles. The van der Waals surface area contributed by atoms with E-state index < -0.39 is 0 Å². The van der Waals surface area contributed by atoms with Crippen molar-refractivity contribution in [3.63, 3.8) is 0 Å². The third-order valence-corrected chi connectivity index (χ3v) is 5.05. The zero-order valence-corrected chi connectivity index (χ0v) is 15.8. The molecule has 1 amide bonds. The first-order valence-electron chi connectivity index (χ1n) is 9.37. The average molecular weight is 372 g/mol. The van der Waals surface area contributed by atoms with Crippen LogP contribution in [-0.2, 0) is 4.79 Å². The molecule has 0 spiro atoms. The SMILES string of the molecule is Cc1nc2c3ccccc3nc(Nc3ccc(N(C)C(=O)C4CC4)cc3)n2n1. The predicted molar refractivity (Wildman–Crippen MR) is 109 cm³/mol. The molecular formula is C21H20N6O. The first kappa shape index (κ1) is 16.7. The van der Waals surface area contributed by atoms with E-state index in [-0.39, 0.29) is 11.8 Å². The molecule has 7 nitrogen and oxygen atoms in total. The maximum Gasteiger partial charge on any atom is 0.231 e. The quantitative estimate of drug-likeness (QED) is 0.591. The molecule has 0 atom stereocenters. The van der Waals surface area contributed by atoms with E-state index in [9.17, 15) is 4.79 Å². The Morgan fingerprint density at radius 3 is 2.61 bits per heavy atom. The minimum absolute atomic E-state index is 0.191. The summed E-state index contributed by atoms with van der Waals surface area (Å²) in [6, 6.07) is 15.7. The fourth-order valence-electron chi connectivity index (χ4n) is 3.37. The Labute approximate surface area is 162 Å². The van der Waals surface area contributed by atoms with Gasteiger partial charge in [0.2, 0.25) is 11.9 Å². The van der Waals surface area contributed by atoms with Gasteiger partial charge in [0, 0.05) is 29.7 Å². The van der Waals surface area contributed by atoms with E-state index in [1.807, 2.05) is 62.5 Å². The van der Waals surface area contributed by atoms with Crippen molar-refractivity contribution < 1.29 is 4.79 Å². The van der Waals surface area contributed by atoms with Crippen molar-refractivity contribution in [2.24, 2.45) is 5.92 Å². The largest absolute Gasteiger partial charge is 0.324 e. The van der Waals surface area contributed by atoms with E-state index in [1.165, 1.54) is 0 Å². The summed E-state index contributed by atoms with van der Waals surface area (Å²) in [4.78, 5) is 23.2. The molecule has 1 aliphatic carbocycles. The Bertz CT molecular complexity index is 1190. The van der Waals surface area contributed by atoms with Crippen molar-refractivity contribution >= 4 is 39.8 Å². The first-order chi connectivity index (χ1) is 13.6. The van der Waals surface area contributed by atoms with Gasteiger partial charge in [0.25, 0.3) is 0 Å². The van der Waals surface area contributed by atoms with Crippen molar-refractivity contribution in [2.75, 3.05) is 17.3 Å². The highest BCUT2D eigenvalue weighted by Gasteiger charge is 2.32. The minimum Gasteiger partial charge on any atom is -0.324 e. The lowest BCUT2D eigenvalue weighted by Gasteiger charge is -2.17. The highest BCUT2D eigenvalue weighted by molar-refractivity contribution is 5.96. The standard InChI is InChI=1S/C21H20N6O/c1-13-22-19-17-5-3-4-6-18(17)24-21(27(19)25-13)23-15-9-11-16(12-10-15)26(2)20(28)14-7-8-14/h3-6,9-12,14H,7-8H2,1-2H3,(H,23,24). The number of fused-ring (bicyclic) bond motifs is 3. The fourth-order valence-corrected chi connectivity index (χ4v) is 3.37. The molecule has 28 heavy (non-hydrogen) atoms. The van der Waals surface area contributed by atoms with Gasteiger partial charge in [0.1, 0.15) is 5.82 Å². The predicted octanol–water partition coefficient (Wildman–Crippen LogP) is 3.70. The molecule has 4 aromatic rings. The zero-order valence-electron chi connectivity index (χ0n) is 15.8. The van der Waals surface area contributed by atoms with Crippen LogP contribution in [-0.4, -0.2) is 32.5 Å². The highest BCUT2D eigenvalue weighted by Crippen LogP contribution is 2.32. The van der Waals surface area contributed by atoms with Crippen molar-refractivity contribution in [3.05, 3.63) is 54.4 Å². The summed E-state index contributed by atoms with van der Waals surface area (Å²) < 4.78 is 1.73. The van der Waals surface area contributed by atoms with Crippen molar-refractivity contribution in [3.8, 4) is 0 Å². The number of carbonyl (C=O) groups is 1. The van der Waals surface area contributed by atoms with Crippen LogP contribution in [0.2, 0.25) is 0 Å². The molecule has 0 unspecified atom stereocenters. The number of hydrogen-bond acceptors (Lipinski definition) is 5. The number of amides is 1. The number of nitrogens with one attached hydrogen (secondary N) is 1. The number of nitrogens with zero attached hydrogens (tertiary/aromatic N) is 5. The molecule has 0 aliphatic heterocycles. The highest BCUT2D eigenvalue weighted by atomic mass is 16.2. The van der Waals surface area contributed by atoms with Crippen LogP contribution in [0.5, 0.6) is 0 Å². The van der Waals surface area contributed by atoms with E-state index >= 15 is 0 Å². The number of benzene rings is 2. The van der Waals surface area contributed by atoms with E-state index in [4.69, 9.17) is 4.98 Å². The monoisotopic (exact) mass is 372 g/mol. The molecule has 1 aliphatic rings. The molecule has 5 rings (SSSR count). The number of aromatic nitrogens is 4. The lowest BCUT2D eigenvalue weighted by atomic mass is 10.2. The summed E-state index contributed by atoms with van der Waals surface area (Å²) in [6.07, 6.45) is 2.01. The van der Waals surface area contributed by atoms with Crippen LogP contribution in [0.1, 0.15) is 18.7 Å². The molecule has 140 valence electrons. The van der Waals surface area contributed by atoms with Crippen molar-refractivity contribution in [1.29, 1.82) is 0 Å². The van der Waals surface area contributed by atoms with Gasteiger partial charge in [0.15, 0.2) is 5.65 Å². The lowest BCUT2D eigenvalue weighted by molar-refractivity contribution is -0.119. The summed E-state index contributed by atoms with van der Waals surface area (Å²) >= 11 is 0. The van der Waals surface area contributed by atoms with Crippen molar-refractivity contribution in [2.45, 2.75) is 19.8 Å². The second-order valence-corrected chi connectivity index (χ2v) is 7.19. The Balaban J connectivity index is 1.48. The van der Waals surface area contributed by atoms with Gasteiger partial charge in [-0.2, -0.15) is 4.52 Å². The minimum atomic E-state index is 0.191. The molecular weight excluding hydrogens is 352 g/mol. The second-order valence-electron chi connectivity index (χ2n) is 7.19. The topological polar surface area (TPSA) is 75.4 Å². The van der Waals surface area contributed by atoms with E-state index in [2.05, 4.69) is 15.4 Å². The molecule has 0 bridgehead atoms. The fraction of sp³-hybridized carbons (Fsp3) is 0.238. The van der Waals surface area contributed by atoms with Gasteiger partial charge in [-0.05, 0) is 56.2 Å². The summed E-state index contributed by atoms with van der Waals surface area (Å²) in [5.74, 6) is 1.69. The van der Waals surface area contributed by atoms with Gasteiger partial charge in [-0.15, -0.1) is 5.10 Å². The summed E-state index contributed by atoms with van der Waals surface area (Å²) in [5, 5.41) is 8.77. The van der Waals surface area contributed by atoms with Gasteiger partial charge in [-0.25, -0.2) is 9.97 Å². The van der Waals surface area contributed by atoms with Crippen LogP contribution < -0.4 is 10.2 Å². The zero-order chi connectivity index (χ0) is 19.3. The lowest BCUT2D eigenvalue weighted by Crippen LogP contribution is -2.27. The molecule has 2 heterocycles. The normalized spacial score (nSPS) is 13.8. The Morgan fingerprint density at radius 1 is 1.11 bits per heavy atom. The number of anilines is 3. The summed E-state index contributed by atoms with van der Waals surface area (Å²) in [6.45, 7) is 1.87. The molecule has 2 aromatic heterocycles.